The SMILES string of the molecule is C=CC.Cc1ccnc(=O)[nH]1. The van der Waals surface area contributed by atoms with Crippen LogP contribution in [-0.4, -0.2) is 9.97 Å². The summed E-state index contributed by atoms with van der Waals surface area (Å²) in [5, 5.41) is 0. The number of hydrogen-bond acceptors (Lipinski definition) is 2. The van der Waals surface area contributed by atoms with E-state index in [1.54, 1.807) is 12.1 Å². The second kappa shape index (κ2) is 5.41. The fraction of sp³-hybridized carbons (Fsp3) is 0.250. The maximum Gasteiger partial charge on any atom is 0.345 e. The lowest BCUT2D eigenvalue weighted by atomic mass is 10.5. The van der Waals surface area contributed by atoms with Gasteiger partial charge in [-0.1, -0.05) is 6.08 Å². The smallest absolute Gasteiger partial charge is 0.310 e. The lowest BCUT2D eigenvalue weighted by Crippen LogP contribution is -2.08. The van der Waals surface area contributed by atoms with E-state index in [4.69, 9.17) is 0 Å². The molecule has 0 unspecified atom stereocenters. The standard InChI is InChI=1S/C5H6N2O.C3H6/c1-4-2-3-6-5(8)7-4;1-3-2/h2-3H,1H3,(H,6,7,8);3H,1H2,2H3. The van der Waals surface area contributed by atoms with Crippen LogP contribution in [0.5, 0.6) is 0 Å². The van der Waals surface area contributed by atoms with Gasteiger partial charge in [0, 0.05) is 11.9 Å². The minimum absolute atomic E-state index is 0.287. The zero-order valence-corrected chi connectivity index (χ0v) is 6.79. The van der Waals surface area contributed by atoms with Crippen LogP contribution in [0.1, 0.15) is 12.6 Å². The molecule has 1 N–H and O–H groups in total. The van der Waals surface area contributed by atoms with Gasteiger partial charge in [-0.15, -0.1) is 6.58 Å². The molecule has 1 heterocycles. The summed E-state index contributed by atoms with van der Waals surface area (Å²) < 4.78 is 0. The third-order valence-electron chi connectivity index (χ3n) is 0.820. The molecule has 11 heavy (non-hydrogen) atoms. The summed E-state index contributed by atoms with van der Waals surface area (Å²) in [6, 6.07) is 1.74. The van der Waals surface area contributed by atoms with Crippen LogP contribution >= 0.6 is 0 Å². The Balaban J connectivity index is 0.000000292. The molecule has 3 nitrogen and oxygen atoms in total. The molecule has 0 aromatic carbocycles. The number of aryl methyl sites for hydroxylation is 1. The molecule has 1 rings (SSSR count). The first-order valence-corrected chi connectivity index (χ1v) is 3.29. The van der Waals surface area contributed by atoms with Crippen molar-refractivity contribution < 1.29 is 0 Å². The number of aromatic nitrogens is 2. The molecule has 1 aromatic heterocycles. The number of allylic oxidation sites excluding steroid dienone is 1. The van der Waals surface area contributed by atoms with Gasteiger partial charge in [-0.25, -0.2) is 9.78 Å². The van der Waals surface area contributed by atoms with Crippen LogP contribution in [-0.2, 0) is 0 Å². The van der Waals surface area contributed by atoms with E-state index in [1.165, 1.54) is 6.20 Å². The van der Waals surface area contributed by atoms with Gasteiger partial charge in [0.1, 0.15) is 0 Å². The molecule has 0 aliphatic rings. The first-order valence-electron chi connectivity index (χ1n) is 3.29. The van der Waals surface area contributed by atoms with Crippen LogP contribution in [0.2, 0.25) is 0 Å². The third-order valence-corrected chi connectivity index (χ3v) is 0.820. The molecule has 0 aliphatic heterocycles. The Labute approximate surface area is 65.8 Å². The number of hydrogen-bond donors (Lipinski definition) is 1. The van der Waals surface area contributed by atoms with Crippen molar-refractivity contribution in [1.29, 1.82) is 0 Å². The summed E-state index contributed by atoms with van der Waals surface area (Å²) in [7, 11) is 0. The lowest BCUT2D eigenvalue weighted by Gasteiger charge is -1.84. The maximum atomic E-state index is 10.3. The van der Waals surface area contributed by atoms with E-state index in [-0.39, 0.29) is 5.69 Å². The van der Waals surface area contributed by atoms with Crippen molar-refractivity contribution in [2.24, 2.45) is 0 Å². The Bertz CT molecular complexity index is 265. The van der Waals surface area contributed by atoms with E-state index in [2.05, 4.69) is 16.5 Å². The van der Waals surface area contributed by atoms with Gasteiger partial charge in [0.15, 0.2) is 0 Å². The summed E-state index contributed by atoms with van der Waals surface area (Å²) in [5.74, 6) is 0. The van der Waals surface area contributed by atoms with Gasteiger partial charge < -0.3 is 4.98 Å². The molecular weight excluding hydrogens is 140 g/mol. The predicted octanol–water partition coefficient (Wildman–Crippen LogP) is 1.27. The summed E-state index contributed by atoms with van der Waals surface area (Å²) in [5.41, 5.74) is 0.551. The quantitative estimate of drug-likeness (QED) is 0.569. The zero-order chi connectivity index (χ0) is 8.69. The molecule has 0 radical (unpaired) electrons. The van der Waals surface area contributed by atoms with E-state index in [0.717, 1.165) is 5.69 Å². The Morgan fingerprint density at radius 2 is 2.27 bits per heavy atom. The highest BCUT2D eigenvalue weighted by Crippen LogP contribution is 1.78. The van der Waals surface area contributed by atoms with Gasteiger partial charge >= 0.3 is 5.69 Å². The highest BCUT2D eigenvalue weighted by Gasteiger charge is 1.80. The van der Waals surface area contributed by atoms with Crippen molar-refractivity contribution in [2.75, 3.05) is 0 Å². The maximum absolute atomic E-state index is 10.3. The minimum Gasteiger partial charge on any atom is -0.310 e. The number of H-pyrrole nitrogens is 1. The Hall–Kier alpha value is -1.38. The number of rotatable bonds is 0. The first kappa shape index (κ1) is 9.62. The monoisotopic (exact) mass is 152 g/mol. The van der Waals surface area contributed by atoms with Gasteiger partial charge in [-0.3, -0.25) is 0 Å². The van der Waals surface area contributed by atoms with E-state index in [1.807, 2.05) is 13.8 Å². The largest absolute Gasteiger partial charge is 0.345 e. The van der Waals surface area contributed by atoms with Crippen LogP contribution in [0.3, 0.4) is 0 Å². The summed E-state index contributed by atoms with van der Waals surface area (Å²) >= 11 is 0. The van der Waals surface area contributed by atoms with Crippen molar-refractivity contribution in [2.45, 2.75) is 13.8 Å². The Morgan fingerprint density at radius 3 is 2.55 bits per heavy atom. The molecule has 0 atom stereocenters. The zero-order valence-electron chi connectivity index (χ0n) is 6.79. The van der Waals surface area contributed by atoms with Crippen LogP contribution in [0.15, 0.2) is 29.7 Å². The molecule has 0 saturated heterocycles. The third kappa shape index (κ3) is 5.08. The van der Waals surface area contributed by atoms with Crippen LogP contribution in [0.25, 0.3) is 0 Å². The Morgan fingerprint density at radius 1 is 1.73 bits per heavy atom. The molecule has 0 amide bonds. The average molecular weight is 152 g/mol. The van der Waals surface area contributed by atoms with E-state index < -0.39 is 0 Å². The molecular formula is C8H12N2O. The van der Waals surface area contributed by atoms with Crippen molar-refractivity contribution in [3.63, 3.8) is 0 Å². The van der Waals surface area contributed by atoms with E-state index >= 15 is 0 Å². The Kier molecular flexibility index (Phi) is 4.73. The summed E-state index contributed by atoms with van der Waals surface area (Å²) in [6.45, 7) is 7.06. The van der Waals surface area contributed by atoms with Crippen LogP contribution in [0.4, 0.5) is 0 Å². The van der Waals surface area contributed by atoms with Crippen molar-refractivity contribution in [3.05, 3.63) is 41.1 Å². The van der Waals surface area contributed by atoms with Crippen LogP contribution < -0.4 is 5.69 Å². The second-order valence-electron chi connectivity index (χ2n) is 1.97. The van der Waals surface area contributed by atoms with Gasteiger partial charge in [0.2, 0.25) is 0 Å². The van der Waals surface area contributed by atoms with E-state index in [9.17, 15) is 4.79 Å². The molecule has 0 aliphatic carbocycles. The molecule has 0 spiro atoms. The summed E-state index contributed by atoms with van der Waals surface area (Å²) in [4.78, 5) is 16.3. The predicted molar refractivity (Wildman–Crippen MR) is 45.5 cm³/mol. The van der Waals surface area contributed by atoms with Gasteiger partial charge in [0.05, 0.1) is 0 Å². The molecule has 1 aromatic rings. The fourth-order valence-corrected chi connectivity index (χ4v) is 0.459. The fourth-order valence-electron chi connectivity index (χ4n) is 0.459. The van der Waals surface area contributed by atoms with Gasteiger partial charge in [0.25, 0.3) is 0 Å². The van der Waals surface area contributed by atoms with Crippen LogP contribution in [0, 0.1) is 6.92 Å². The minimum atomic E-state index is -0.287. The molecule has 60 valence electrons. The normalized spacial score (nSPS) is 7.82. The molecule has 0 fully saturated rings. The topological polar surface area (TPSA) is 45.8 Å². The number of nitrogens with zero attached hydrogens (tertiary/aromatic N) is 1. The summed E-state index contributed by atoms with van der Waals surface area (Å²) in [6.07, 6.45) is 3.23. The number of aromatic amines is 1. The van der Waals surface area contributed by atoms with Crippen molar-refractivity contribution in [1.82, 2.24) is 9.97 Å². The molecule has 0 saturated carbocycles. The van der Waals surface area contributed by atoms with E-state index in [0.29, 0.717) is 0 Å². The van der Waals surface area contributed by atoms with Crippen molar-refractivity contribution >= 4 is 0 Å². The second-order valence-corrected chi connectivity index (χ2v) is 1.97. The van der Waals surface area contributed by atoms with Gasteiger partial charge in [-0.2, -0.15) is 0 Å². The van der Waals surface area contributed by atoms with Crippen molar-refractivity contribution in [3.8, 4) is 0 Å². The average Bonchev–Trinajstić information content (AvgIpc) is 1.88. The lowest BCUT2D eigenvalue weighted by molar-refractivity contribution is 1.03. The number of nitrogens with one attached hydrogen (secondary N) is 1. The van der Waals surface area contributed by atoms with Gasteiger partial charge in [-0.05, 0) is 19.9 Å². The first-order chi connectivity index (χ1) is 5.20. The highest BCUT2D eigenvalue weighted by molar-refractivity contribution is 4.92. The highest BCUT2D eigenvalue weighted by atomic mass is 16.1. The molecule has 0 bridgehead atoms. The molecule has 3 heteroatoms.